The zero-order valence-corrected chi connectivity index (χ0v) is 13.8. The second kappa shape index (κ2) is 4.89. The van der Waals surface area contributed by atoms with E-state index < -0.39 is 9.84 Å². The van der Waals surface area contributed by atoms with Crippen LogP contribution >= 0.6 is 24.0 Å². The van der Waals surface area contributed by atoms with Gasteiger partial charge in [0.15, 0.2) is 9.84 Å². The van der Waals surface area contributed by atoms with Gasteiger partial charge in [0.05, 0.1) is 17.5 Å². The van der Waals surface area contributed by atoms with E-state index in [0.29, 0.717) is 0 Å². The molecule has 20 heavy (non-hydrogen) atoms. The Balaban J connectivity index is 1.97. The molecule has 2 heterocycles. The average molecular weight is 328 g/mol. The molecule has 4 nitrogen and oxygen atoms in total. The van der Waals surface area contributed by atoms with Crippen molar-refractivity contribution in [2.75, 3.05) is 35.4 Å². The Morgan fingerprint density at radius 1 is 1.35 bits per heavy atom. The number of nitrogens with zero attached hydrogens (tertiary/aromatic N) is 2. The van der Waals surface area contributed by atoms with E-state index in [1.54, 1.807) is 0 Å². The van der Waals surface area contributed by atoms with Gasteiger partial charge >= 0.3 is 0 Å². The Hall–Kier alpha value is -0.790. The summed E-state index contributed by atoms with van der Waals surface area (Å²) in [5.74, 6) is 0.448. The van der Waals surface area contributed by atoms with E-state index in [9.17, 15) is 8.42 Å². The maximum absolute atomic E-state index is 11.8. The number of hydrogen-bond acceptors (Lipinski definition) is 5. The molecule has 108 valence electrons. The predicted octanol–water partition coefficient (Wildman–Crippen LogP) is 1.76. The Bertz CT molecular complexity index is 657. The Morgan fingerprint density at radius 2 is 2.10 bits per heavy atom. The molecule has 0 aliphatic carbocycles. The minimum Gasteiger partial charge on any atom is -0.378 e. The van der Waals surface area contributed by atoms with Gasteiger partial charge in [0, 0.05) is 30.7 Å². The van der Waals surface area contributed by atoms with Crippen molar-refractivity contribution in [2.45, 2.75) is 11.3 Å². The van der Waals surface area contributed by atoms with Gasteiger partial charge in [0.2, 0.25) is 0 Å². The van der Waals surface area contributed by atoms with Crippen molar-refractivity contribution in [3.8, 4) is 0 Å². The van der Waals surface area contributed by atoms with Crippen molar-refractivity contribution < 1.29 is 8.42 Å². The fourth-order valence-electron chi connectivity index (χ4n) is 2.69. The highest BCUT2D eigenvalue weighted by atomic mass is 32.2. The smallest absolute Gasteiger partial charge is 0.153 e. The van der Waals surface area contributed by atoms with Crippen molar-refractivity contribution in [3.05, 3.63) is 24.3 Å². The van der Waals surface area contributed by atoms with Crippen LogP contribution in [0, 0.1) is 0 Å². The second-order valence-electron chi connectivity index (χ2n) is 5.35. The number of thioether (sulfide) groups is 1. The van der Waals surface area contributed by atoms with Gasteiger partial charge in [-0.15, -0.1) is 0 Å². The molecule has 3 rings (SSSR count). The first kappa shape index (κ1) is 14.2. The summed E-state index contributed by atoms with van der Waals surface area (Å²) in [5, 5.41) is 0.0792. The van der Waals surface area contributed by atoms with Crippen molar-refractivity contribution in [2.24, 2.45) is 0 Å². The molecule has 7 heteroatoms. The summed E-state index contributed by atoms with van der Waals surface area (Å²) in [4.78, 5) is 4.04. The normalized spacial score (nSPS) is 27.7. The Kier molecular flexibility index (Phi) is 3.46. The van der Waals surface area contributed by atoms with Crippen LogP contribution in [0.2, 0.25) is 0 Å². The molecule has 0 aromatic heterocycles. The van der Waals surface area contributed by atoms with E-state index in [0.717, 1.165) is 15.7 Å². The average Bonchev–Trinajstić information content (AvgIpc) is 2.79. The summed E-state index contributed by atoms with van der Waals surface area (Å²) in [6.07, 6.45) is 0. The van der Waals surface area contributed by atoms with E-state index in [-0.39, 0.29) is 22.8 Å². The molecule has 1 aromatic carbocycles. The molecule has 0 N–H and O–H groups in total. The lowest BCUT2D eigenvalue weighted by molar-refractivity contribution is 0.601. The molecule has 2 atom stereocenters. The largest absolute Gasteiger partial charge is 0.378 e. The number of anilines is 2. The molecule has 2 aliphatic rings. The standard InChI is InChI=1S/C13H16N2O2S3/c1-14(2)9-4-3-5-10(6-9)15-11-7-20(16,17)8-12(11)19-13(15)18/h3-6,11-12H,7-8H2,1-2H3/t11-,12-/m0/s1. The fraction of sp³-hybridized carbons (Fsp3) is 0.462. The van der Waals surface area contributed by atoms with Crippen LogP contribution in [-0.2, 0) is 9.84 Å². The lowest BCUT2D eigenvalue weighted by Crippen LogP contribution is -2.36. The van der Waals surface area contributed by atoms with Gasteiger partial charge in [-0.05, 0) is 18.2 Å². The molecule has 2 saturated heterocycles. The first-order valence-corrected chi connectivity index (χ1v) is 9.46. The number of thiocarbonyl (C=S) groups is 1. The molecular weight excluding hydrogens is 312 g/mol. The van der Waals surface area contributed by atoms with Gasteiger partial charge in [0.25, 0.3) is 0 Å². The highest BCUT2D eigenvalue weighted by molar-refractivity contribution is 8.24. The van der Waals surface area contributed by atoms with Crippen molar-refractivity contribution in [1.29, 1.82) is 0 Å². The zero-order chi connectivity index (χ0) is 14.5. The third-order valence-electron chi connectivity index (χ3n) is 3.68. The zero-order valence-electron chi connectivity index (χ0n) is 11.3. The SMILES string of the molecule is CN(C)c1cccc(N2C(=S)S[C@H]3CS(=O)(=O)C[C@@H]32)c1. The van der Waals surface area contributed by atoms with Crippen LogP contribution in [-0.4, -0.2) is 49.6 Å². The summed E-state index contributed by atoms with van der Waals surface area (Å²) < 4.78 is 24.4. The highest BCUT2D eigenvalue weighted by Crippen LogP contribution is 2.41. The third kappa shape index (κ3) is 2.42. The molecule has 0 amide bonds. The number of fused-ring (bicyclic) bond motifs is 1. The lowest BCUT2D eigenvalue weighted by atomic mass is 10.2. The minimum atomic E-state index is -2.93. The fourth-order valence-corrected chi connectivity index (χ4v) is 7.07. The van der Waals surface area contributed by atoms with Gasteiger partial charge in [-0.1, -0.05) is 30.0 Å². The molecule has 0 unspecified atom stereocenters. The summed E-state index contributed by atoms with van der Waals surface area (Å²) in [7, 11) is 1.04. The van der Waals surface area contributed by atoms with Crippen LogP contribution in [0.3, 0.4) is 0 Å². The molecule has 1 aromatic rings. The van der Waals surface area contributed by atoms with Crippen LogP contribution < -0.4 is 9.80 Å². The van der Waals surface area contributed by atoms with Crippen LogP contribution in [0.15, 0.2) is 24.3 Å². The maximum atomic E-state index is 11.8. The van der Waals surface area contributed by atoms with Crippen molar-refractivity contribution in [3.63, 3.8) is 0 Å². The van der Waals surface area contributed by atoms with E-state index in [1.807, 2.05) is 42.1 Å². The van der Waals surface area contributed by atoms with Crippen LogP contribution in [0.25, 0.3) is 0 Å². The second-order valence-corrected chi connectivity index (χ2v) is 9.38. The highest BCUT2D eigenvalue weighted by Gasteiger charge is 2.48. The van der Waals surface area contributed by atoms with Gasteiger partial charge in [-0.25, -0.2) is 8.42 Å². The van der Waals surface area contributed by atoms with Crippen LogP contribution in [0.1, 0.15) is 0 Å². The van der Waals surface area contributed by atoms with Crippen molar-refractivity contribution >= 4 is 49.5 Å². The third-order valence-corrected chi connectivity index (χ3v) is 7.27. The first-order valence-electron chi connectivity index (χ1n) is 6.35. The monoisotopic (exact) mass is 328 g/mol. The quantitative estimate of drug-likeness (QED) is 0.771. The Labute approximate surface area is 129 Å². The summed E-state index contributed by atoms with van der Waals surface area (Å²) >= 11 is 6.96. The van der Waals surface area contributed by atoms with Crippen LogP contribution in [0.4, 0.5) is 11.4 Å². The lowest BCUT2D eigenvalue weighted by Gasteiger charge is -2.25. The topological polar surface area (TPSA) is 40.6 Å². The van der Waals surface area contributed by atoms with E-state index in [1.165, 1.54) is 11.8 Å². The summed E-state index contributed by atoms with van der Waals surface area (Å²) in [6.45, 7) is 0. The molecule has 0 bridgehead atoms. The molecule has 2 aliphatic heterocycles. The van der Waals surface area contributed by atoms with E-state index in [4.69, 9.17) is 12.2 Å². The van der Waals surface area contributed by atoms with Gasteiger partial charge in [-0.3, -0.25) is 0 Å². The van der Waals surface area contributed by atoms with E-state index in [2.05, 4.69) is 6.07 Å². The molecule has 0 spiro atoms. The van der Waals surface area contributed by atoms with Gasteiger partial charge < -0.3 is 9.80 Å². The number of rotatable bonds is 2. The maximum Gasteiger partial charge on any atom is 0.153 e. The Morgan fingerprint density at radius 3 is 2.80 bits per heavy atom. The first-order chi connectivity index (χ1) is 9.37. The molecule has 0 saturated carbocycles. The molecule has 0 radical (unpaired) electrons. The number of sulfone groups is 1. The minimum absolute atomic E-state index is 0.0186. The predicted molar refractivity (Wildman–Crippen MR) is 89.7 cm³/mol. The molecule has 2 fully saturated rings. The number of benzene rings is 1. The van der Waals surface area contributed by atoms with E-state index >= 15 is 0 Å². The summed E-state index contributed by atoms with van der Waals surface area (Å²) in [6, 6.07) is 8.04. The number of hydrogen-bond donors (Lipinski definition) is 0. The van der Waals surface area contributed by atoms with Gasteiger partial charge in [-0.2, -0.15) is 0 Å². The van der Waals surface area contributed by atoms with Crippen molar-refractivity contribution in [1.82, 2.24) is 0 Å². The van der Waals surface area contributed by atoms with Gasteiger partial charge in [0.1, 0.15) is 4.32 Å². The summed E-state index contributed by atoms with van der Waals surface area (Å²) in [5.41, 5.74) is 2.07. The van der Waals surface area contributed by atoms with Crippen LogP contribution in [0.5, 0.6) is 0 Å². The molecular formula is C13H16N2O2S3.